The summed E-state index contributed by atoms with van der Waals surface area (Å²) in [7, 11) is -3.82. The van der Waals surface area contributed by atoms with Crippen molar-refractivity contribution in [3.8, 4) is 0 Å². The quantitative estimate of drug-likeness (QED) is 0.544. The molecule has 0 radical (unpaired) electrons. The van der Waals surface area contributed by atoms with E-state index in [0.29, 0.717) is 6.42 Å². The summed E-state index contributed by atoms with van der Waals surface area (Å²) in [5, 5.41) is 0. The highest BCUT2D eigenvalue weighted by atomic mass is 31.2. The molecule has 0 aromatic heterocycles. The summed E-state index contributed by atoms with van der Waals surface area (Å²) < 4.78 is 10.4. The van der Waals surface area contributed by atoms with Crippen molar-refractivity contribution in [2.45, 2.75) is 32.2 Å². The third-order valence-corrected chi connectivity index (χ3v) is 2.29. The minimum Gasteiger partial charge on any atom is -0.328 e. The lowest BCUT2D eigenvalue weighted by Gasteiger charge is -2.09. The Labute approximate surface area is 67.0 Å². The molecule has 0 fully saturated rings. The molecule has 5 heteroatoms. The van der Waals surface area contributed by atoms with Crippen LogP contribution < -0.4 is 5.73 Å². The van der Waals surface area contributed by atoms with E-state index >= 15 is 0 Å². The molecule has 0 spiro atoms. The monoisotopic (exact) mass is 181 g/mol. The maximum absolute atomic E-state index is 10.4. The van der Waals surface area contributed by atoms with Crippen molar-refractivity contribution < 1.29 is 14.4 Å². The number of hydrogen-bond donors (Lipinski definition) is 3. The molecule has 0 aromatic rings. The zero-order valence-corrected chi connectivity index (χ0v) is 7.63. The Balaban J connectivity index is 3.46. The smallest absolute Gasteiger partial charge is 0.325 e. The lowest BCUT2D eigenvalue weighted by molar-refractivity contribution is 0.368. The van der Waals surface area contributed by atoms with Gasteiger partial charge in [-0.1, -0.05) is 13.3 Å². The van der Waals surface area contributed by atoms with E-state index in [4.69, 9.17) is 15.5 Å². The average Bonchev–Trinajstić information content (AvgIpc) is 1.83. The lowest BCUT2D eigenvalue weighted by Crippen LogP contribution is -2.20. The van der Waals surface area contributed by atoms with E-state index in [-0.39, 0.29) is 12.2 Å². The third-order valence-electron chi connectivity index (χ3n) is 1.45. The fraction of sp³-hybridized carbons (Fsp3) is 1.00. The minimum atomic E-state index is -3.82. The van der Waals surface area contributed by atoms with Crippen LogP contribution in [0.2, 0.25) is 0 Å². The summed E-state index contributed by atoms with van der Waals surface area (Å²) in [5.41, 5.74) is 5.55. The van der Waals surface area contributed by atoms with Gasteiger partial charge in [0.25, 0.3) is 0 Å². The minimum absolute atomic E-state index is 0.0624. The van der Waals surface area contributed by atoms with Crippen LogP contribution in [-0.2, 0) is 4.57 Å². The second kappa shape index (κ2) is 4.88. The Bertz CT molecular complexity index is 145. The van der Waals surface area contributed by atoms with Crippen LogP contribution in [0.15, 0.2) is 0 Å². The van der Waals surface area contributed by atoms with Gasteiger partial charge in [0.15, 0.2) is 0 Å². The van der Waals surface area contributed by atoms with Crippen molar-refractivity contribution in [2.75, 3.05) is 6.16 Å². The summed E-state index contributed by atoms with van der Waals surface area (Å²) >= 11 is 0. The fourth-order valence-corrected chi connectivity index (χ4v) is 1.52. The van der Waals surface area contributed by atoms with E-state index in [9.17, 15) is 4.57 Å². The van der Waals surface area contributed by atoms with E-state index in [1.165, 1.54) is 0 Å². The standard InChI is InChI=1S/C6H16NO3P/c1-2-3-6(7)4-5-11(8,9)10/h6H,2-5,7H2,1H3,(H2,8,9,10). The summed E-state index contributed by atoms with van der Waals surface area (Å²) in [4.78, 5) is 17.0. The van der Waals surface area contributed by atoms with Crippen LogP contribution in [-0.4, -0.2) is 22.0 Å². The first-order valence-electron chi connectivity index (χ1n) is 3.76. The van der Waals surface area contributed by atoms with Crippen molar-refractivity contribution in [3.63, 3.8) is 0 Å². The molecule has 0 rings (SSSR count). The molecule has 0 saturated carbocycles. The molecule has 0 aliphatic carbocycles. The molecule has 4 nitrogen and oxygen atoms in total. The van der Waals surface area contributed by atoms with Crippen molar-refractivity contribution in [3.05, 3.63) is 0 Å². The molecular formula is C6H16NO3P. The molecule has 68 valence electrons. The van der Waals surface area contributed by atoms with Crippen LogP contribution >= 0.6 is 7.60 Å². The molecule has 0 bridgehead atoms. The second-order valence-electron chi connectivity index (χ2n) is 2.73. The molecule has 1 atom stereocenters. The normalized spacial score (nSPS) is 14.9. The van der Waals surface area contributed by atoms with Gasteiger partial charge in [0.05, 0.1) is 6.16 Å². The lowest BCUT2D eigenvalue weighted by atomic mass is 10.1. The maximum Gasteiger partial charge on any atom is 0.325 e. The van der Waals surface area contributed by atoms with E-state index in [1.54, 1.807) is 0 Å². The summed E-state index contributed by atoms with van der Waals surface area (Å²) in [5.74, 6) is 0. The SMILES string of the molecule is CCCC(N)CCP(=O)(O)O. The molecule has 0 amide bonds. The molecular weight excluding hydrogens is 165 g/mol. The average molecular weight is 181 g/mol. The van der Waals surface area contributed by atoms with Crippen LogP contribution in [0.5, 0.6) is 0 Å². The van der Waals surface area contributed by atoms with E-state index in [0.717, 1.165) is 12.8 Å². The summed E-state index contributed by atoms with van der Waals surface area (Å²) in [6.07, 6.45) is 2.12. The van der Waals surface area contributed by atoms with Crippen LogP contribution in [0.4, 0.5) is 0 Å². The highest BCUT2D eigenvalue weighted by Gasteiger charge is 2.14. The Kier molecular flexibility index (Phi) is 4.93. The first kappa shape index (κ1) is 11.1. The molecule has 1 unspecified atom stereocenters. The molecule has 11 heavy (non-hydrogen) atoms. The second-order valence-corrected chi connectivity index (χ2v) is 4.50. The Morgan fingerprint density at radius 1 is 1.45 bits per heavy atom. The highest BCUT2D eigenvalue weighted by molar-refractivity contribution is 7.51. The van der Waals surface area contributed by atoms with Gasteiger partial charge >= 0.3 is 7.60 Å². The van der Waals surface area contributed by atoms with Gasteiger partial charge in [-0.2, -0.15) is 0 Å². The first-order chi connectivity index (χ1) is 4.95. The van der Waals surface area contributed by atoms with Crippen molar-refractivity contribution in [2.24, 2.45) is 5.73 Å². The topological polar surface area (TPSA) is 83.6 Å². The fourth-order valence-electron chi connectivity index (χ4n) is 0.849. The number of nitrogens with two attached hydrogens (primary N) is 1. The van der Waals surface area contributed by atoms with Crippen molar-refractivity contribution in [1.82, 2.24) is 0 Å². The number of hydrogen-bond acceptors (Lipinski definition) is 2. The predicted octanol–water partition coefficient (Wildman–Crippen LogP) is 0.682. The Hall–Kier alpha value is 0.110. The van der Waals surface area contributed by atoms with E-state index < -0.39 is 7.60 Å². The summed E-state index contributed by atoms with van der Waals surface area (Å²) in [6, 6.07) is -0.0624. The van der Waals surface area contributed by atoms with Gasteiger partial charge in [-0.15, -0.1) is 0 Å². The van der Waals surface area contributed by atoms with E-state index in [1.807, 2.05) is 6.92 Å². The summed E-state index contributed by atoms with van der Waals surface area (Å²) in [6.45, 7) is 2.00. The van der Waals surface area contributed by atoms with Crippen LogP contribution in [0.25, 0.3) is 0 Å². The Morgan fingerprint density at radius 2 is 2.00 bits per heavy atom. The van der Waals surface area contributed by atoms with Gasteiger partial charge in [-0.25, -0.2) is 0 Å². The van der Waals surface area contributed by atoms with Gasteiger partial charge in [-0.05, 0) is 12.8 Å². The van der Waals surface area contributed by atoms with Crippen LogP contribution in [0, 0.1) is 0 Å². The van der Waals surface area contributed by atoms with Gasteiger partial charge in [0.2, 0.25) is 0 Å². The predicted molar refractivity (Wildman–Crippen MR) is 44.4 cm³/mol. The van der Waals surface area contributed by atoms with Crippen molar-refractivity contribution in [1.29, 1.82) is 0 Å². The van der Waals surface area contributed by atoms with Crippen LogP contribution in [0.1, 0.15) is 26.2 Å². The molecule has 0 saturated heterocycles. The number of rotatable bonds is 5. The molecule has 4 N–H and O–H groups in total. The first-order valence-corrected chi connectivity index (χ1v) is 5.55. The van der Waals surface area contributed by atoms with Crippen molar-refractivity contribution >= 4 is 7.60 Å². The maximum atomic E-state index is 10.4. The molecule has 0 aliphatic rings. The van der Waals surface area contributed by atoms with Gasteiger partial charge in [0, 0.05) is 6.04 Å². The zero-order valence-electron chi connectivity index (χ0n) is 6.73. The third kappa shape index (κ3) is 8.01. The largest absolute Gasteiger partial charge is 0.328 e. The highest BCUT2D eigenvalue weighted by Crippen LogP contribution is 2.35. The van der Waals surface area contributed by atoms with Gasteiger partial charge in [-0.3, -0.25) is 4.57 Å². The van der Waals surface area contributed by atoms with Gasteiger partial charge < -0.3 is 15.5 Å². The molecule has 0 aromatic carbocycles. The van der Waals surface area contributed by atoms with Gasteiger partial charge in [0.1, 0.15) is 0 Å². The molecule has 0 aliphatic heterocycles. The van der Waals surface area contributed by atoms with Crippen LogP contribution in [0.3, 0.4) is 0 Å². The zero-order chi connectivity index (χ0) is 8.91. The van der Waals surface area contributed by atoms with E-state index in [2.05, 4.69) is 0 Å². The Morgan fingerprint density at radius 3 is 2.36 bits per heavy atom. The molecule has 0 heterocycles.